The van der Waals surface area contributed by atoms with Crippen molar-refractivity contribution in [1.82, 2.24) is 14.8 Å². The number of benzene rings is 3. The van der Waals surface area contributed by atoms with Gasteiger partial charge in [0.2, 0.25) is 5.82 Å². The highest BCUT2D eigenvalue weighted by Gasteiger charge is 2.21. The van der Waals surface area contributed by atoms with Crippen LogP contribution >= 0.6 is 27.5 Å². The number of aryl methyl sites for hydroxylation is 2. The number of amides is 1. The Morgan fingerprint density at radius 2 is 1.67 bits per heavy atom. The Morgan fingerprint density at radius 3 is 2.37 bits per heavy atom. The van der Waals surface area contributed by atoms with E-state index < -0.39 is 5.91 Å². The summed E-state index contributed by atoms with van der Waals surface area (Å²) in [5.41, 5.74) is 4.15. The first kappa shape index (κ1) is 20.3. The Bertz CT molecular complexity index is 1210. The molecular weight excluding hydrogens is 464 g/mol. The van der Waals surface area contributed by atoms with E-state index in [1.165, 1.54) is 0 Å². The molecule has 0 spiro atoms. The van der Waals surface area contributed by atoms with Crippen LogP contribution in [0.1, 0.15) is 21.7 Å². The van der Waals surface area contributed by atoms with Crippen LogP contribution in [-0.2, 0) is 0 Å². The molecule has 0 unspecified atom stereocenters. The minimum absolute atomic E-state index is 0.0653. The van der Waals surface area contributed by atoms with Gasteiger partial charge in [0.05, 0.1) is 16.4 Å². The van der Waals surface area contributed by atoms with Gasteiger partial charge in [0.15, 0.2) is 5.82 Å². The standard InChI is InChI=1S/C23H18BrClN4O/c1-14-6-3-4-9-19(14)29-22(16-10-12-17(24)13-11-16)27-21(28-29)23(30)26-20-15(2)7-5-8-18(20)25/h3-13H,1-2H3,(H,26,30). The number of halogens is 2. The fourth-order valence-corrected chi connectivity index (χ4v) is 3.66. The lowest BCUT2D eigenvalue weighted by atomic mass is 10.2. The van der Waals surface area contributed by atoms with Crippen molar-refractivity contribution in [1.29, 1.82) is 0 Å². The third-order valence-electron chi connectivity index (χ3n) is 4.72. The van der Waals surface area contributed by atoms with Crippen LogP contribution in [0, 0.1) is 13.8 Å². The van der Waals surface area contributed by atoms with Gasteiger partial charge in [0.25, 0.3) is 5.91 Å². The Labute approximate surface area is 187 Å². The van der Waals surface area contributed by atoms with Crippen molar-refractivity contribution in [3.05, 3.63) is 93.2 Å². The summed E-state index contributed by atoms with van der Waals surface area (Å²) in [5.74, 6) is 0.227. The molecule has 1 amide bonds. The van der Waals surface area contributed by atoms with Gasteiger partial charge < -0.3 is 5.32 Å². The van der Waals surface area contributed by atoms with Crippen molar-refractivity contribution in [3.63, 3.8) is 0 Å². The highest BCUT2D eigenvalue weighted by Crippen LogP contribution is 2.27. The van der Waals surface area contributed by atoms with Crippen LogP contribution in [0.2, 0.25) is 5.02 Å². The van der Waals surface area contributed by atoms with Gasteiger partial charge in [0.1, 0.15) is 0 Å². The second kappa shape index (κ2) is 8.42. The quantitative estimate of drug-likeness (QED) is 0.376. The van der Waals surface area contributed by atoms with Gasteiger partial charge in [-0.05, 0) is 49.2 Å². The molecule has 4 aromatic rings. The van der Waals surface area contributed by atoms with Gasteiger partial charge in [-0.3, -0.25) is 4.79 Å². The molecule has 0 aliphatic carbocycles. The zero-order valence-electron chi connectivity index (χ0n) is 16.4. The van der Waals surface area contributed by atoms with Crippen molar-refractivity contribution in [2.24, 2.45) is 0 Å². The molecular formula is C23H18BrClN4O. The molecule has 0 radical (unpaired) electrons. The maximum atomic E-state index is 13.0. The number of carbonyl (C=O) groups excluding carboxylic acids is 1. The lowest BCUT2D eigenvalue weighted by Gasteiger charge is -2.09. The number of anilines is 1. The highest BCUT2D eigenvalue weighted by atomic mass is 79.9. The van der Waals surface area contributed by atoms with Crippen LogP contribution < -0.4 is 5.32 Å². The molecule has 3 aromatic carbocycles. The maximum Gasteiger partial charge on any atom is 0.295 e. The first-order chi connectivity index (χ1) is 14.4. The molecule has 7 heteroatoms. The summed E-state index contributed by atoms with van der Waals surface area (Å²) in [5, 5.41) is 7.85. The summed E-state index contributed by atoms with van der Waals surface area (Å²) in [7, 11) is 0. The normalized spacial score (nSPS) is 10.8. The van der Waals surface area contributed by atoms with Crippen molar-refractivity contribution in [3.8, 4) is 17.1 Å². The van der Waals surface area contributed by atoms with Crippen molar-refractivity contribution in [2.75, 3.05) is 5.32 Å². The predicted molar refractivity (Wildman–Crippen MR) is 123 cm³/mol. The summed E-state index contributed by atoms with van der Waals surface area (Å²) in [4.78, 5) is 17.5. The lowest BCUT2D eigenvalue weighted by Crippen LogP contribution is -2.15. The Hall–Kier alpha value is -2.96. The Kier molecular flexibility index (Phi) is 5.70. The number of nitrogens with zero attached hydrogens (tertiary/aromatic N) is 3. The van der Waals surface area contributed by atoms with Gasteiger partial charge in [-0.1, -0.05) is 70.0 Å². The van der Waals surface area contributed by atoms with Crippen LogP contribution in [0.4, 0.5) is 5.69 Å². The molecule has 4 rings (SSSR count). The molecule has 150 valence electrons. The fraction of sp³-hybridized carbons (Fsp3) is 0.0870. The van der Waals surface area contributed by atoms with Gasteiger partial charge >= 0.3 is 0 Å². The number of nitrogens with one attached hydrogen (secondary N) is 1. The summed E-state index contributed by atoms with van der Waals surface area (Å²) in [6.07, 6.45) is 0. The summed E-state index contributed by atoms with van der Waals surface area (Å²) in [6.45, 7) is 3.88. The van der Waals surface area contributed by atoms with Crippen molar-refractivity contribution in [2.45, 2.75) is 13.8 Å². The summed E-state index contributed by atoms with van der Waals surface area (Å²) < 4.78 is 2.66. The number of hydrogen-bond donors (Lipinski definition) is 1. The zero-order valence-corrected chi connectivity index (χ0v) is 18.7. The monoisotopic (exact) mass is 480 g/mol. The van der Waals surface area contributed by atoms with E-state index >= 15 is 0 Å². The van der Waals surface area contributed by atoms with E-state index in [1.807, 2.05) is 74.5 Å². The minimum Gasteiger partial charge on any atom is -0.318 e. The Morgan fingerprint density at radius 1 is 0.967 bits per heavy atom. The molecule has 0 saturated heterocycles. The topological polar surface area (TPSA) is 59.8 Å². The first-order valence-corrected chi connectivity index (χ1v) is 10.5. The largest absolute Gasteiger partial charge is 0.318 e. The van der Waals surface area contributed by atoms with Crippen LogP contribution in [0.3, 0.4) is 0 Å². The molecule has 5 nitrogen and oxygen atoms in total. The van der Waals surface area contributed by atoms with Gasteiger partial charge in [-0.25, -0.2) is 9.67 Å². The van der Waals surface area contributed by atoms with E-state index in [0.717, 1.165) is 26.9 Å². The number of para-hydroxylation sites is 2. The second-order valence-corrected chi connectivity index (χ2v) is 8.17. The van der Waals surface area contributed by atoms with Crippen LogP contribution in [0.5, 0.6) is 0 Å². The molecule has 0 aliphatic rings. The first-order valence-electron chi connectivity index (χ1n) is 9.29. The molecule has 0 atom stereocenters. The molecule has 1 N–H and O–H groups in total. The van der Waals surface area contributed by atoms with Gasteiger partial charge in [-0.15, -0.1) is 5.10 Å². The van der Waals surface area contributed by atoms with E-state index in [4.69, 9.17) is 11.6 Å². The van der Waals surface area contributed by atoms with E-state index in [2.05, 4.69) is 31.3 Å². The zero-order chi connectivity index (χ0) is 21.3. The van der Waals surface area contributed by atoms with Crippen LogP contribution in [0.15, 0.2) is 71.2 Å². The maximum absolute atomic E-state index is 13.0. The molecule has 0 saturated carbocycles. The predicted octanol–water partition coefficient (Wildman–Crippen LogP) is 6.22. The number of carbonyl (C=O) groups is 1. The molecule has 1 aromatic heterocycles. The molecule has 1 heterocycles. The van der Waals surface area contributed by atoms with Crippen LogP contribution in [0.25, 0.3) is 17.1 Å². The van der Waals surface area contributed by atoms with E-state index in [-0.39, 0.29) is 5.82 Å². The minimum atomic E-state index is -0.420. The number of rotatable bonds is 4. The van der Waals surface area contributed by atoms with Crippen LogP contribution in [-0.4, -0.2) is 20.7 Å². The Balaban J connectivity index is 1.80. The fourth-order valence-electron chi connectivity index (χ4n) is 3.12. The average molecular weight is 482 g/mol. The lowest BCUT2D eigenvalue weighted by molar-refractivity contribution is 0.101. The van der Waals surface area contributed by atoms with E-state index in [9.17, 15) is 4.79 Å². The molecule has 0 bridgehead atoms. The second-order valence-electron chi connectivity index (χ2n) is 6.85. The smallest absolute Gasteiger partial charge is 0.295 e. The van der Waals surface area contributed by atoms with E-state index in [0.29, 0.717) is 16.5 Å². The van der Waals surface area contributed by atoms with Gasteiger partial charge in [-0.2, -0.15) is 0 Å². The third kappa shape index (κ3) is 4.01. The average Bonchev–Trinajstić information content (AvgIpc) is 3.17. The highest BCUT2D eigenvalue weighted by molar-refractivity contribution is 9.10. The van der Waals surface area contributed by atoms with Crippen molar-refractivity contribution < 1.29 is 4.79 Å². The molecule has 0 fully saturated rings. The number of aromatic nitrogens is 3. The van der Waals surface area contributed by atoms with E-state index in [1.54, 1.807) is 10.7 Å². The number of hydrogen-bond acceptors (Lipinski definition) is 3. The molecule has 30 heavy (non-hydrogen) atoms. The van der Waals surface area contributed by atoms with Gasteiger partial charge in [0, 0.05) is 10.0 Å². The molecule has 0 aliphatic heterocycles. The summed E-state index contributed by atoms with van der Waals surface area (Å²) >= 11 is 9.71. The van der Waals surface area contributed by atoms with Crippen molar-refractivity contribution >= 4 is 39.1 Å². The SMILES string of the molecule is Cc1ccccc1-n1nc(C(=O)Nc2c(C)cccc2Cl)nc1-c1ccc(Br)cc1. The summed E-state index contributed by atoms with van der Waals surface area (Å²) in [6, 6.07) is 21.0. The third-order valence-corrected chi connectivity index (χ3v) is 5.56.